The normalized spacial score (nSPS) is 30.9. The molecule has 1 saturated heterocycles. The lowest BCUT2D eigenvalue weighted by molar-refractivity contribution is -0.160. The molecular weight excluding hydrogens is 859 g/mol. The first-order chi connectivity index (χ1) is 31.6. The molecule has 0 radical (unpaired) electrons. The van der Waals surface area contributed by atoms with Gasteiger partial charge in [0.05, 0.1) is 53.0 Å². The number of benzene rings is 3. The SMILES string of the molecule is CO[C@@H]1C=CO[C@@]2(C)Oc3c(C)c(O)c4c(O)c(c(C=NN5[C@H](C)CC(Cc6ccccc6)C[C@@H]5C)c(O)c4c3C2=O)NC(=O)C(C)=CC=C[C@H](C)[C@H](O)[C@H](C)[C@H](O)[C@H](C)[C@H](OC(C)=O)[C@H]1C. The Kier molecular flexibility index (Phi) is 15.5. The second kappa shape index (κ2) is 20.5. The van der Waals surface area contributed by atoms with E-state index in [-0.39, 0.29) is 56.6 Å². The number of aliphatic hydroxyl groups is 2. The number of aromatic hydroxyl groups is 3. The average Bonchev–Trinajstić information content (AvgIpc) is 3.55. The van der Waals surface area contributed by atoms with Crippen molar-refractivity contribution in [3.63, 3.8) is 0 Å². The van der Waals surface area contributed by atoms with Crippen LogP contribution < -0.4 is 10.1 Å². The molecule has 67 heavy (non-hydrogen) atoms. The van der Waals surface area contributed by atoms with E-state index in [1.165, 1.54) is 65.0 Å². The van der Waals surface area contributed by atoms with Crippen LogP contribution in [-0.4, -0.2) is 104 Å². The highest BCUT2D eigenvalue weighted by atomic mass is 16.7. The van der Waals surface area contributed by atoms with Crippen LogP contribution in [0.25, 0.3) is 10.8 Å². The lowest BCUT2D eigenvalue weighted by Gasteiger charge is -2.41. The van der Waals surface area contributed by atoms with Crippen LogP contribution in [0, 0.1) is 36.5 Å². The summed E-state index contributed by atoms with van der Waals surface area (Å²) in [7, 11) is 1.44. The summed E-state index contributed by atoms with van der Waals surface area (Å²) >= 11 is 0. The smallest absolute Gasteiger partial charge is 0.312 e. The van der Waals surface area contributed by atoms with Gasteiger partial charge in [0.2, 0.25) is 0 Å². The van der Waals surface area contributed by atoms with Gasteiger partial charge >= 0.3 is 11.8 Å². The number of allylic oxidation sites excluding steroid dienone is 2. The first-order valence-corrected chi connectivity index (χ1v) is 23.1. The van der Waals surface area contributed by atoms with Crippen LogP contribution in [0.2, 0.25) is 0 Å². The maximum atomic E-state index is 14.6. The molecule has 3 aromatic carbocycles. The molecule has 0 saturated carbocycles. The van der Waals surface area contributed by atoms with E-state index in [9.17, 15) is 39.9 Å². The third kappa shape index (κ3) is 10.2. The Morgan fingerprint density at radius 1 is 0.910 bits per heavy atom. The van der Waals surface area contributed by atoms with Gasteiger partial charge in [-0.15, -0.1) is 0 Å². The minimum absolute atomic E-state index is 0.0328. The number of hydrogen-bond donors (Lipinski definition) is 6. The van der Waals surface area contributed by atoms with Crippen LogP contribution >= 0.6 is 0 Å². The number of fused-ring (bicyclic) bond motifs is 14. The van der Waals surface area contributed by atoms with Gasteiger partial charge in [0.15, 0.2) is 5.75 Å². The molecule has 362 valence electrons. The number of hydrazone groups is 1. The number of methoxy groups -OCH3 is 1. The number of phenols is 3. The minimum Gasteiger partial charge on any atom is -0.507 e. The fourth-order valence-corrected chi connectivity index (χ4v) is 10.1. The van der Waals surface area contributed by atoms with Crippen LogP contribution in [-0.2, 0) is 30.2 Å². The van der Waals surface area contributed by atoms with Crippen molar-refractivity contribution in [2.75, 3.05) is 12.4 Å². The monoisotopic (exact) mass is 925 g/mol. The number of nitrogens with one attached hydrogen (secondary N) is 1. The summed E-state index contributed by atoms with van der Waals surface area (Å²) in [6.45, 7) is 16.7. The Balaban J connectivity index is 1.49. The van der Waals surface area contributed by atoms with E-state index in [0.717, 1.165) is 19.3 Å². The molecule has 1 unspecified atom stereocenters. The molecule has 1 fully saturated rings. The third-order valence-corrected chi connectivity index (χ3v) is 14.0. The maximum Gasteiger partial charge on any atom is 0.312 e. The second-order valence-corrected chi connectivity index (χ2v) is 19.0. The van der Waals surface area contributed by atoms with E-state index in [1.807, 2.05) is 23.2 Å². The fourth-order valence-electron chi connectivity index (χ4n) is 10.1. The van der Waals surface area contributed by atoms with Gasteiger partial charge in [0.1, 0.15) is 23.4 Å². The van der Waals surface area contributed by atoms with Gasteiger partial charge in [-0.2, -0.15) is 5.10 Å². The Bertz CT molecular complexity index is 2450. The van der Waals surface area contributed by atoms with Crippen molar-refractivity contribution in [3.8, 4) is 23.0 Å². The number of amides is 1. The summed E-state index contributed by atoms with van der Waals surface area (Å²) in [6.07, 6.45) is 7.51. The van der Waals surface area contributed by atoms with Crippen LogP contribution in [0.1, 0.15) is 102 Å². The molecule has 15 heteroatoms. The number of nitrogens with zero attached hydrogens (tertiary/aromatic N) is 2. The van der Waals surface area contributed by atoms with Gasteiger partial charge in [0, 0.05) is 73.2 Å². The predicted molar refractivity (Wildman–Crippen MR) is 255 cm³/mol. The predicted octanol–water partition coefficient (Wildman–Crippen LogP) is 7.82. The number of rotatable bonds is 6. The van der Waals surface area contributed by atoms with Crippen molar-refractivity contribution >= 4 is 40.3 Å². The maximum absolute atomic E-state index is 14.6. The number of ketones is 1. The molecule has 4 heterocycles. The zero-order valence-corrected chi connectivity index (χ0v) is 40.3. The van der Waals surface area contributed by atoms with E-state index < -0.39 is 88.8 Å². The van der Waals surface area contributed by atoms with Gasteiger partial charge in [-0.25, -0.2) is 0 Å². The largest absolute Gasteiger partial charge is 0.507 e. The molecule has 0 spiro atoms. The molecule has 0 aliphatic carbocycles. The Hall–Kier alpha value is -5.90. The number of anilines is 1. The van der Waals surface area contributed by atoms with Gasteiger partial charge in [-0.05, 0) is 64.5 Å². The zero-order chi connectivity index (χ0) is 49.2. The number of Topliss-reactive ketones (excluding diaryl/α,β-unsaturated/α-hetero) is 1. The summed E-state index contributed by atoms with van der Waals surface area (Å²) in [5, 5.41) is 68.3. The van der Waals surface area contributed by atoms with Crippen molar-refractivity contribution in [3.05, 3.63) is 88.7 Å². The van der Waals surface area contributed by atoms with Crippen molar-refractivity contribution in [2.45, 2.75) is 131 Å². The number of phenolic OH excluding ortho intramolecular Hbond substituents is 3. The summed E-state index contributed by atoms with van der Waals surface area (Å²) in [5.74, 6) is -8.01. The van der Waals surface area contributed by atoms with E-state index in [1.54, 1.807) is 39.8 Å². The second-order valence-electron chi connectivity index (χ2n) is 19.0. The molecule has 4 aliphatic rings. The Morgan fingerprint density at radius 3 is 2.19 bits per heavy atom. The number of hydrogen-bond acceptors (Lipinski definition) is 14. The van der Waals surface area contributed by atoms with Crippen LogP contribution in [0.15, 0.2) is 71.6 Å². The molecule has 0 aromatic heterocycles. The lowest BCUT2D eigenvalue weighted by atomic mass is 9.78. The quantitative estimate of drug-likeness (QED) is 0.0603. The number of ether oxygens (including phenoxy) is 4. The van der Waals surface area contributed by atoms with Crippen molar-refractivity contribution in [1.29, 1.82) is 0 Å². The minimum atomic E-state index is -2.06. The van der Waals surface area contributed by atoms with E-state index in [2.05, 4.69) is 31.3 Å². The summed E-state index contributed by atoms with van der Waals surface area (Å²) in [5.41, 5.74) is 0.900. The van der Waals surface area contributed by atoms with Crippen molar-refractivity contribution in [1.82, 2.24) is 5.01 Å². The highest BCUT2D eigenvalue weighted by Crippen LogP contribution is 2.55. The fraction of sp³-hybridized carbons (Fsp3) is 0.500. The van der Waals surface area contributed by atoms with Crippen LogP contribution in [0.5, 0.6) is 23.0 Å². The molecule has 3 aromatic rings. The first kappa shape index (κ1) is 50.5. The highest BCUT2D eigenvalue weighted by molar-refractivity contribution is 6.23. The van der Waals surface area contributed by atoms with Crippen molar-refractivity contribution < 1.29 is 58.9 Å². The summed E-state index contributed by atoms with van der Waals surface area (Å²) < 4.78 is 23.8. The molecule has 1 amide bonds. The van der Waals surface area contributed by atoms with Crippen LogP contribution in [0.3, 0.4) is 0 Å². The summed E-state index contributed by atoms with van der Waals surface area (Å²) in [6, 6.07) is 10.2. The summed E-state index contributed by atoms with van der Waals surface area (Å²) in [4.78, 5) is 41.1. The number of esters is 1. The lowest BCUT2D eigenvalue weighted by Crippen LogP contribution is -2.46. The van der Waals surface area contributed by atoms with E-state index >= 15 is 0 Å². The first-order valence-electron chi connectivity index (χ1n) is 23.1. The Morgan fingerprint density at radius 2 is 1.57 bits per heavy atom. The van der Waals surface area contributed by atoms with Gasteiger partial charge < -0.3 is 49.8 Å². The van der Waals surface area contributed by atoms with E-state index in [4.69, 9.17) is 24.0 Å². The molecule has 6 N–H and O–H groups in total. The van der Waals surface area contributed by atoms with Gasteiger partial charge in [-0.3, -0.25) is 19.4 Å². The Labute approximate surface area is 392 Å². The molecule has 4 aliphatic heterocycles. The molecule has 5 bridgehead atoms. The molecule has 12 atom stereocenters. The van der Waals surface area contributed by atoms with Gasteiger partial charge in [0.25, 0.3) is 11.7 Å². The van der Waals surface area contributed by atoms with E-state index in [0.29, 0.717) is 5.92 Å². The topological polar surface area (TPSA) is 217 Å². The number of aliphatic hydroxyl groups excluding tert-OH is 2. The third-order valence-electron chi connectivity index (χ3n) is 14.0. The molecular formula is C52H67N3O12. The zero-order valence-electron chi connectivity index (χ0n) is 40.3. The average molecular weight is 926 g/mol. The molecule has 7 rings (SSSR count). The number of carbonyl (C=O) groups excluding carboxylic acids is 3. The number of piperidine rings is 1. The van der Waals surface area contributed by atoms with Crippen LogP contribution in [0.4, 0.5) is 5.69 Å². The van der Waals surface area contributed by atoms with Crippen molar-refractivity contribution in [2.24, 2.45) is 34.7 Å². The van der Waals surface area contributed by atoms with Gasteiger partial charge in [-0.1, -0.05) is 76.3 Å². The standard InChI is InChI=1S/C52H67N3O12/c1-26-16-15-17-27(2)51(63)54-42-37(25-53-55-28(3)22-36(23-29(55)4)24-35-18-13-12-14-19-35)46(60)39-40(47(42)61)45(59)33(8)49-41(39)50(62)52(10,67-49)65-21-20-38(64-11)30(5)48(66-34(9)56)32(7)44(58)31(6)43(26)57/h12-21,25-26,28-32,36,38,43-44,48,57-61H,22-24H2,1-11H3,(H,54,63)/t26-,28-,29+,30-,31-,32-,36?,38+,43-,44-,48+,52-/m0/s1. The molecule has 15 nitrogen and oxygen atoms in total. The highest BCUT2D eigenvalue weighted by Gasteiger charge is 2.50. The number of carbonyl (C=O) groups is 3.